The number of carbonyl (C=O) groups excluding carboxylic acids is 1. The number of para-hydroxylation sites is 2. The first kappa shape index (κ1) is 28.9. The average molecular weight is 537 g/mol. The molecular formula is C29H33ClN4O4. The van der Waals surface area contributed by atoms with E-state index < -0.39 is 6.10 Å². The number of nitrogens with zero attached hydrogens (tertiary/aromatic N) is 2. The van der Waals surface area contributed by atoms with E-state index in [9.17, 15) is 15.0 Å². The van der Waals surface area contributed by atoms with E-state index in [1.807, 2.05) is 91.9 Å². The van der Waals surface area contributed by atoms with Gasteiger partial charge in [0, 0.05) is 18.3 Å². The van der Waals surface area contributed by atoms with Crippen LogP contribution in [0.25, 0.3) is 5.69 Å². The van der Waals surface area contributed by atoms with Crippen molar-refractivity contribution in [2.24, 2.45) is 0 Å². The van der Waals surface area contributed by atoms with Crippen LogP contribution >= 0.6 is 12.4 Å². The molecule has 3 aromatic carbocycles. The van der Waals surface area contributed by atoms with Crippen LogP contribution in [0.5, 0.6) is 5.75 Å². The van der Waals surface area contributed by atoms with Gasteiger partial charge in [0.15, 0.2) is 0 Å². The predicted molar refractivity (Wildman–Crippen MR) is 150 cm³/mol. The minimum absolute atomic E-state index is 0. The van der Waals surface area contributed by atoms with Gasteiger partial charge in [0.05, 0.1) is 29.7 Å². The number of ether oxygens (including phenoxy) is 1. The molecule has 0 bridgehead atoms. The molecule has 0 saturated heterocycles. The molecule has 9 heteroatoms. The Morgan fingerprint density at radius 1 is 1.00 bits per heavy atom. The molecule has 0 aliphatic heterocycles. The van der Waals surface area contributed by atoms with Gasteiger partial charge >= 0.3 is 0 Å². The van der Waals surface area contributed by atoms with Crippen molar-refractivity contribution in [1.29, 1.82) is 0 Å². The molecule has 0 aliphatic rings. The van der Waals surface area contributed by atoms with Crippen LogP contribution in [0.2, 0.25) is 0 Å². The summed E-state index contributed by atoms with van der Waals surface area (Å²) < 4.78 is 7.31. The molecule has 4 rings (SSSR count). The quantitative estimate of drug-likeness (QED) is 0.219. The third-order valence-electron chi connectivity index (χ3n) is 6.00. The molecule has 0 radical (unpaired) electrons. The predicted octanol–water partition coefficient (Wildman–Crippen LogP) is 3.79. The highest BCUT2D eigenvalue weighted by Crippen LogP contribution is 2.17. The molecule has 0 unspecified atom stereocenters. The van der Waals surface area contributed by atoms with Crippen molar-refractivity contribution in [2.75, 3.05) is 25.1 Å². The van der Waals surface area contributed by atoms with Crippen LogP contribution in [0.3, 0.4) is 0 Å². The standard InChI is InChI=1S/C29H32N4O4.ClH/c1-21-28(18-31-33(21)25-8-4-2-5-9-25)29(36)32-23-14-12-22(13-15-23)16-24(19-34)30-17-26(35)20-37-27-10-6-3-7-11-27;/h2-15,18,24,26,30,34-35H,16-17,19-20H2,1H3,(H,32,36);1H/t24-,26-;/m0./s1. The Kier molecular flexibility index (Phi) is 10.9. The van der Waals surface area contributed by atoms with Crippen molar-refractivity contribution >= 4 is 24.0 Å². The zero-order valence-corrected chi connectivity index (χ0v) is 22.0. The van der Waals surface area contributed by atoms with Crippen molar-refractivity contribution in [3.05, 3.63) is 108 Å². The molecule has 8 nitrogen and oxygen atoms in total. The molecule has 0 aliphatic carbocycles. The first-order chi connectivity index (χ1) is 18.0. The SMILES string of the molecule is Cc1c(C(=O)Nc2ccc(C[C@@H](CO)NC[C@H](O)COc3ccccc3)cc2)cnn1-c1ccccc1.Cl. The van der Waals surface area contributed by atoms with Crippen LogP contribution in [0.15, 0.2) is 91.1 Å². The van der Waals surface area contributed by atoms with Gasteiger partial charge in [-0.2, -0.15) is 5.10 Å². The van der Waals surface area contributed by atoms with Gasteiger partial charge in [0.1, 0.15) is 18.5 Å². The Hall–Kier alpha value is -3.69. The summed E-state index contributed by atoms with van der Waals surface area (Å²) in [6.07, 6.45) is 1.43. The fourth-order valence-electron chi connectivity index (χ4n) is 3.94. The van der Waals surface area contributed by atoms with Crippen molar-refractivity contribution in [1.82, 2.24) is 15.1 Å². The van der Waals surface area contributed by atoms with Crippen molar-refractivity contribution in [3.63, 3.8) is 0 Å². The molecule has 200 valence electrons. The zero-order chi connectivity index (χ0) is 26.0. The number of aliphatic hydroxyl groups is 2. The lowest BCUT2D eigenvalue weighted by atomic mass is 10.1. The number of aromatic nitrogens is 2. The van der Waals surface area contributed by atoms with Gasteiger partial charge in [-0.1, -0.05) is 48.5 Å². The van der Waals surface area contributed by atoms with Gasteiger partial charge in [-0.25, -0.2) is 4.68 Å². The first-order valence-electron chi connectivity index (χ1n) is 12.2. The lowest BCUT2D eigenvalue weighted by Crippen LogP contribution is -2.41. The van der Waals surface area contributed by atoms with Crippen LogP contribution in [-0.4, -0.2) is 57.8 Å². The highest BCUT2D eigenvalue weighted by atomic mass is 35.5. The molecule has 38 heavy (non-hydrogen) atoms. The zero-order valence-electron chi connectivity index (χ0n) is 21.2. The minimum Gasteiger partial charge on any atom is -0.491 e. The minimum atomic E-state index is -0.707. The number of carbonyl (C=O) groups is 1. The van der Waals surface area contributed by atoms with E-state index in [0.717, 1.165) is 16.9 Å². The molecule has 1 amide bonds. The Morgan fingerprint density at radius 2 is 1.66 bits per heavy atom. The summed E-state index contributed by atoms with van der Waals surface area (Å²) in [5.74, 6) is 0.474. The van der Waals surface area contributed by atoms with E-state index in [2.05, 4.69) is 15.7 Å². The highest BCUT2D eigenvalue weighted by Gasteiger charge is 2.16. The summed E-state index contributed by atoms with van der Waals surface area (Å²) in [6, 6.07) is 26.3. The van der Waals surface area contributed by atoms with E-state index in [-0.39, 0.29) is 37.6 Å². The van der Waals surface area contributed by atoms with Gasteiger partial charge in [-0.15, -0.1) is 12.4 Å². The summed E-state index contributed by atoms with van der Waals surface area (Å²) in [7, 11) is 0. The lowest BCUT2D eigenvalue weighted by molar-refractivity contribution is 0.0997. The van der Waals surface area contributed by atoms with Gasteiger partial charge < -0.3 is 25.6 Å². The second-order valence-electron chi connectivity index (χ2n) is 8.81. The van der Waals surface area contributed by atoms with Crippen LogP contribution in [-0.2, 0) is 6.42 Å². The monoisotopic (exact) mass is 536 g/mol. The lowest BCUT2D eigenvalue weighted by Gasteiger charge is -2.19. The summed E-state index contributed by atoms with van der Waals surface area (Å²) in [5.41, 5.74) is 3.82. The number of halogens is 1. The average Bonchev–Trinajstić information content (AvgIpc) is 3.33. The van der Waals surface area contributed by atoms with Crippen LogP contribution in [0, 0.1) is 6.92 Å². The Balaban J connectivity index is 0.00000400. The van der Waals surface area contributed by atoms with Crippen molar-refractivity contribution < 1.29 is 19.7 Å². The molecular weight excluding hydrogens is 504 g/mol. The second kappa shape index (κ2) is 14.3. The van der Waals surface area contributed by atoms with Gasteiger partial charge in [0.25, 0.3) is 5.91 Å². The maximum Gasteiger partial charge on any atom is 0.259 e. The molecule has 0 saturated carbocycles. The molecule has 1 aromatic heterocycles. The fourth-order valence-corrected chi connectivity index (χ4v) is 3.94. The molecule has 1 heterocycles. The van der Waals surface area contributed by atoms with Crippen LogP contribution < -0.4 is 15.4 Å². The number of rotatable bonds is 12. The number of aliphatic hydroxyl groups excluding tert-OH is 2. The van der Waals surface area contributed by atoms with Crippen LogP contribution in [0.4, 0.5) is 5.69 Å². The number of benzene rings is 3. The molecule has 0 fully saturated rings. The fraction of sp³-hybridized carbons (Fsp3) is 0.241. The number of amides is 1. The second-order valence-corrected chi connectivity index (χ2v) is 8.81. The summed E-state index contributed by atoms with van der Waals surface area (Å²) in [6.45, 7) is 2.25. The maximum atomic E-state index is 12.8. The Bertz CT molecular complexity index is 1270. The largest absolute Gasteiger partial charge is 0.491 e. The van der Waals surface area contributed by atoms with E-state index in [1.54, 1.807) is 10.9 Å². The van der Waals surface area contributed by atoms with E-state index in [4.69, 9.17) is 4.74 Å². The van der Waals surface area contributed by atoms with E-state index >= 15 is 0 Å². The molecule has 4 N–H and O–H groups in total. The summed E-state index contributed by atoms with van der Waals surface area (Å²) in [4.78, 5) is 12.8. The molecule has 2 atom stereocenters. The van der Waals surface area contributed by atoms with E-state index in [1.165, 1.54) is 0 Å². The van der Waals surface area contributed by atoms with Crippen LogP contribution in [0.1, 0.15) is 21.6 Å². The van der Waals surface area contributed by atoms with Crippen molar-refractivity contribution in [3.8, 4) is 11.4 Å². The third kappa shape index (κ3) is 7.90. The highest BCUT2D eigenvalue weighted by molar-refractivity contribution is 6.05. The first-order valence-corrected chi connectivity index (χ1v) is 12.2. The molecule has 0 spiro atoms. The topological polar surface area (TPSA) is 109 Å². The smallest absolute Gasteiger partial charge is 0.259 e. The number of anilines is 1. The third-order valence-corrected chi connectivity index (χ3v) is 6.00. The molecule has 4 aromatic rings. The van der Waals surface area contributed by atoms with Gasteiger partial charge in [-0.3, -0.25) is 4.79 Å². The summed E-state index contributed by atoms with van der Waals surface area (Å²) >= 11 is 0. The maximum absolute atomic E-state index is 12.8. The van der Waals surface area contributed by atoms with Gasteiger partial charge in [0.2, 0.25) is 0 Å². The van der Waals surface area contributed by atoms with Crippen molar-refractivity contribution in [2.45, 2.75) is 25.5 Å². The Labute approximate surface area is 228 Å². The van der Waals surface area contributed by atoms with E-state index in [0.29, 0.717) is 30.0 Å². The normalized spacial score (nSPS) is 12.3. The number of hydrogen-bond acceptors (Lipinski definition) is 6. The Morgan fingerprint density at radius 3 is 2.32 bits per heavy atom. The van der Waals surface area contributed by atoms with Gasteiger partial charge in [-0.05, 0) is 55.3 Å². The number of hydrogen-bond donors (Lipinski definition) is 4. The number of nitrogens with one attached hydrogen (secondary N) is 2. The summed E-state index contributed by atoms with van der Waals surface area (Å²) in [5, 5.41) is 30.5.